The number of hydrogen-bond donors (Lipinski definition) is 2. The standard InChI is InChI=1S/C31H28N2O2.CH2O/c1-20-26(32-23-14-8-5-9-15-23)18-19-27-28(20)30(25-17-11-10-16-24(25)21(2)34)29(31(35)33(27)3)22-12-6-4-7-13-22;1-2/h4-19,21,32,34H,1-3H3;1H2. The van der Waals surface area contributed by atoms with Crippen LogP contribution in [-0.4, -0.2) is 16.5 Å². The molecule has 0 aliphatic carbocycles. The van der Waals surface area contributed by atoms with Crippen molar-refractivity contribution in [2.45, 2.75) is 20.0 Å². The Morgan fingerprint density at radius 1 is 0.811 bits per heavy atom. The minimum absolute atomic E-state index is 0.0673. The third kappa shape index (κ3) is 4.82. The second-order valence-corrected chi connectivity index (χ2v) is 8.87. The molecule has 0 aliphatic heterocycles. The van der Waals surface area contributed by atoms with E-state index in [1.165, 1.54) is 0 Å². The minimum atomic E-state index is -0.681. The molecule has 5 aromatic rings. The van der Waals surface area contributed by atoms with Crippen molar-refractivity contribution >= 4 is 29.1 Å². The number of benzene rings is 4. The smallest absolute Gasteiger partial charge is 0.259 e. The highest BCUT2D eigenvalue weighted by molar-refractivity contribution is 6.06. The number of nitrogens with one attached hydrogen (secondary N) is 1. The summed E-state index contributed by atoms with van der Waals surface area (Å²) >= 11 is 0. The molecule has 2 N–H and O–H groups in total. The summed E-state index contributed by atoms with van der Waals surface area (Å²) in [5.74, 6) is 0. The van der Waals surface area contributed by atoms with Crippen molar-refractivity contribution in [1.82, 2.24) is 4.57 Å². The summed E-state index contributed by atoms with van der Waals surface area (Å²) < 4.78 is 1.73. The number of carbonyl (C=O) groups excluding carboxylic acids is 1. The van der Waals surface area contributed by atoms with Crippen LogP contribution in [0.1, 0.15) is 24.2 Å². The highest BCUT2D eigenvalue weighted by atomic mass is 16.3. The zero-order valence-corrected chi connectivity index (χ0v) is 21.2. The number of pyridine rings is 1. The molecule has 0 fully saturated rings. The largest absolute Gasteiger partial charge is 0.389 e. The van der Waals surface area contributed by atoms with E-state index >= 15 is 0 Å². The van der Waals surface area contributed by atoms with E-state index in [2.05, 4.69) is 12.2 Å². The van der Waals surface area contributed by atoms with Crippen LogP contribution in [0.5, 0.6) is 0 Å². The van der Waals surface area contributed by atoms with Crippen LogP contribution in [0.15, 0.2) is 102 Å². The van der Waals surface area contributed by atoms with Gasteiger partial charge in [0, 0.05) is 29.4 Å². The Balaban J connectivity index is 0.00000156. The molecule has 0 saturated carbocycles. The van der Waals surface area contributed by atoms with Crippen LogP contribution in [0.3, 0.4) is 0 Å². The number of aromatic nitrogens is 1. The zero-order valence-electron chi connectivity index (χ0n) is 21.2. The number of nitrogens with zero attached hydrogens (tertiary/aromatic N) is 1. The SMILES string of the molecule is C=O.Cc1c(Nc2ccccc2)ccc2c1c(-c1ccccc1C(C)O)c(-c1ccccc1)c(=O)n2C. The molecular formula is C32H30N2O3. The minimum Gasteiger partial charge on any atom is -0.389 e. The Morgan fingerprint density at radius 2 is 1.41 bits per heavy atom. The summed E-state index contributed by atoms with van der Waals surface area (Å²) in [5.41, 5.74) is 7.77. The summed E-state index contributed by atoms with van der Waals surface area (Å²) in [6.45, 7) is 5.85. The molecule has 0 amide bonds. The number of fused-ring (bicyclic) bond motifs is 1. The number of aryl methyl sites for hydroxylation is 2. The molecule has 1 atom stereocenters. The van der Waals surface area contributed by atoms with Crippen molar-refractivity contribution in [3.05, 3.63) is 119 Å². The first-order chi connectivity index (χ1) is 18.0. The lowest BCUT2D eigenvalue weighted by Gasteiger charge is -2.22. The van der Waals surface area contributed by atoms with Gasteiger partial charge < -0.3 is 19.8 Å². The normalized spacial score (nSPS) is 11.5. The van der Waals surface area contributed by atoms with E-state index < -0.39 is 6.10 Å². The highest BCUT2D eigenvalue weighted by Crippen LogP contribution is 2.42. The van der Waals surface area contributed by atoms with Gasteiger partial charge in [0.15, 0.2) is 0 Å². The van der Waals surface area contributed by atoms with Crippen molar-refractivity contribution in [3.8, 4) is 22.3 Å². The number of para-hydroxylation sites is 1. The van der Waals surface area contributed by atoms with Crippen molar-refractivity contribution in [1.29, 1.82) is 0 Å². The van der Waals surface area contributed by atoms with Crippen molar-refractivity contribution in [3.63, 3.8) is 0 Å². The predicted octanol–water partition coefficient (Wildman–Crippen LogP) is 6.79. The lowest BCUT2D eigenvalue weighted by Crippen LogP contribution is -2.21. The lowest BCUT2D eigenvalue weighted by atomic mass is 9.86. The molecule has 4 aromatic carbocycles. The van der Waals surface area contributed by atoms with E-state index in [4.69, 9.17) is 4.79 Å². The van der Waals surface area contributed by atoms with Crippen molar-refractivity contribution < 1.29 is 9.90 Å². The number of aliphatic hydroxyl groups is 1. The van der Waals surface area contributed by atoms with E-state index in [0.29, 0.717) is 5.56 Å². The molecule has 37 heavy (non-hydrogen) atoms. The molecular weight excluding hydrogens is 460 g/mol. The molecule has 5 rings (SSSR count). The van der Waals surface area contributed by atoms with E-state index in [1.54, 1.807) is 11.5 Å². The average Bonchev–Trinajstić information content (AvgIpc) is 2.94. The van der Waals surface area contributed by atoms with Crippen LogP contribution in [0.25, 0.3) is 33.2 Å². The summed E-state index contributed by atoms with van der Waals surface area (Å²) in [6.07, 6.45) is -0.681. The quantitative estimate of drug-likeness (QED) is 0.284. The summed E-state index contributed by atoms with van der Waals surface area (Å²) in [6, 6.07) is 31.7. The second kappa shape index (κ2) is 11.1. The summed E-state index contributed by atoms with van der Waals surface area (Å²) in [7, 11) is 1.82. The van der Waals surface area contributed by atoms with Gasteiger partial charge in [-0.2, -0.15) is 0 Å². The molecule has 1 aromatic heterocycles. The third-order valence-corrected chi connectivity index (χ3v) is 6.62. The number of rotatable bonds is 5. The number of anilines is 2. The Bertz CT molecular complexity index is 1590. The molecule has 0 bridgehead atoms. The van der Waals surface area contributed by atoms with Crippen molar-refractivity contribution in [2.75, 3.05) is 5.32 Å². The molecule has 5 heteroatoms. The van der Waals surface area contributed by atoms with Crippen LogP contribution in [0, 0.1) is 6.92 Å². The van der Waals surface area contributed by atoms with Crippen LogP contribution in [-0.2, 0) is 11.8 Å². The molecule has 5 nitrogen and oxygen atoms in total. The number of aliphatic hydroxyl groups excluding tert-OH is 1. The zero-order chi connectivity index (χ0) is 26.5. The highest BCUT2D eigenvalue weighted by Gasteiger charge is 2.23. The predicted molar refractivity (Wildman–Crippen MR) is 152 cm³/mol. The first-order valence-corrected chi connectivity index (χ1v) is 12.1. The maximum atomic E-state index is 13.8. The van der Waals surface area contributed by atoms with Crippen molar-refractivity contribution in [2.24, 2.45) is 7.05 Å². The van der Waals surface area contributed by atoms with E-state index in [9.17, 15) is 9.90 Å². The van der Waals surface area contributed by atoms with Crippen LogP contribution in [0.2, 0.25) is 0 Å². The first-order valence-electron chi connectivity index (χ1n) is 12.1. The topological polar surface area (TPSA) is 71.3 Å². The second-order valence-electron chi connectivity index (χ2n) is 8.87. The Hall–Kier alpha value is -4.48. The molecule has 0 aliphatic rings. The van der Waals surface area contributed by atoms with Crippen LogP contribution < -0.4 is 10.9 Å². The molecule has 0 spiro atoms. The fourth-order valence-electron chi connectivity index (χ4n) is 4.84. The van der Waals surface area contributed by atoms with Gasteiger partial charge in [-0.3, -0.25) is 4.79 Å². The maximum absolute atomic E-state index is 13.8. The third-order valence-electron chi connectivity index (χ3n) is 6.62. The summed E-state index contributed by atoms with van der Waals surface area (Å²) in [4.78, 5) is 21.8. The number of carbonyl (C=O) groups is 1. The molecule has 186 valence electrons. The fourth-order valence-corrected chi connectivity index (χ4v) is 4.84. The fraction of sp³-hybridized carbons (Fsp3) is 0.125. The van der Waals surface area contributed by atoms with Crippen LogP contribution in [0.4, 0.5) is 11.4 Å². The maximum Gasteiger partial charge on any atom is 0.259 e. The van der Waals surface area contributed by atoms with E-state index in [-0.39, 0.29) is 5.56 Å². The van der Waals surface area contributed by atoms with Gasteiger partial charge in [-0.05, 0) is 60.4 Å². The molecule has 0 radical (unpaired) electrons. The molecule has 1 unspecified atom stereocenters. The molecule has 0 saturated heterocycles. The van der Waals surface area contributed by atoms with Crippen LogP contribution >= 0.6 is 0 Å². The van der Waals surface area contributed by atoms with Gasteiger partial charge in [-0.25, -0.2) is 0 Å². The summed E-state index contributed by atoms with van der Waals surface area (Å²) in [5, 5.41) is 15.2. The Labute approximate surface area is 216 Å². The molecule has 1 heterocycles. The van der Waals surface area contributed by atoms with Gasteiger partial charge >= 0.3 is 0 Å². The van der Waals surface area contributed by atoms with Gasteiger partial charge in [0.1, 0.15) is 6.79 Å². The van der Waals surface area contributed by atoms with E-state index in [1.807, 2.05) is 111 Å². The number of hydrogen-bond acceptors (Lipinski definition) is 4. The lowest BCUT2D eigenvalue weighted by molar-refractivity contribution is -0.0980. The monoisotopic (exact) mass is 490 g/mol. The van der Waals surface area contributed by atoms with E-state index in [0.717, 1.165) is 50.1 Å². The Morgan fingerprint density at radius 3 is 2.05 bits per heavy atom. The van der Waals surface area contributed by atoms with Gasteiger partial charge in [-0.1, -0.05) is 72.8 Å². The average molecular weight is 491 g/mol. The van der Waals surface area contributed by atoms with Gasteiger partial charge in [0.25, 0.3) is 5.56 Å². The van der Waals surface area contributed by atoms with Gasteiger partial charge in [0.05, 0.1) is 17.2 Å². The Kier molecular flexibility index (Phi) is 7.66. The van der Waals surface area contributed by atoms with Gasteiger partial charge in [0.2, 0.25) is 0 Å². The first kappa shape index (κ1) is 25.6. The van der Waals surface area contributed by atoms with Gasteiger partial charge in [-0.15, -0.1) is 0 Å².